The number of hydrogen-bond donors (Lipinski definition) is 2. The maximum Gasteiger partial charge on any atom is 0.335 e. The topological polar surface area (TPSA) is 70.9 Å². The third kappa shape index (κ3) is 3.43. The number of aromatic amines is 1. The fourth-order valence-electron chi connectivity index (χ4n) is 2.83. The van der Waals surface area contributed by atoms with E-state index in [2.05, 4.69) is 45.7 Å². The maximum atomic E-state index is 11.0. The number of H-pyrrole nitrogens is 1. The molecule has 0 atom stereocenters. The molecule has 0 aliphatic heterocycles. The first-order chi connectivity index (χ1) is 12.2. The number of carbonyl (C=O) groups is 1. The van der Waals surface area contributed by atoms with E-state index in [-0.39, 0.29) is 11.0 Å². The number of nitrogens with zero attached hydrogens (tertiary/aromatic N) is 2. The zero-order chi connectivity index (χ0) is 19.1. The smallest absolute Gasteiger partial charge is 0.335 e. The van der Waals surface area contributed by atoms with Gasteiger partial charge in [-0.15, -0.1) is 0 Å². The Labute approximate surface area is 153 Å². The quantitative estimate of drug-likeness (QED) is 0.696. The molecule has 136 valence electrons. The molecule has 3 rings (SSSR count). The standard InChI is InChI=1S/C21H25N3O2/c1-13(2)17-12-18(21(3,4)5)23-24(17)19-11-10-16(22-19)14-6-8-15(9-7-14)20(25)26/h6-13,22H,1-5H3,(H,25,26). The number of nitrogens with one attached hydrogen (secondary N) is 1. The molecule has 3 aromatic rings. The van der Waals surface area contributed by atoms with Crippen molar-refractivity contribution in [2.45, 2.75) is 46.0 Å². The highest BCUT2D eigenvalue weighted by molar-refractivity contribution is 5.88. The van der Waals surface area contributed by atoms with Gasteiger partial charge in [0, 0.05) is 16.8 Å². The van der Waals surface area contributed by atoms with E-state index in [0.717, 1.165) is 28.5 Å². The monoisotopic (exact) mass is 351 g/mol. The van der Waals surface area contributed by atoms with E-state index in [1.165, 1.54) is 0 Å². The molecule has 0 bridgehead atoms. The average molecular weight is 351 g/mol. The molecule has 5 heteroatoms. The van der Waals surface area contributed by atoms with Gasteiger partial charge in [-0.1, -0.05) is 46.8 Å². The molecular formula is C21H25N3O2. The molecule has 0 spiro atoms. The SMILES string of the molecule is CC(C)c1cc(C(C)(C)C)nn1-c1ccc(-c2ccc(C(=O)O)cc2)[nH]1. The summed E-state index contributed by atoms with van der Waals surface area (Å²) in [7, 11) is 0. The molecule has 0 aliphatic rings. The summed E-state index contributed by atoms with van der Waals surface area (Å²) in [6.45, 7) is 10.8. The summed E-state index contributed by atoms with van der Waals surface area (Å²) in [6.07, 6.45) is 0. The molecular weight excluding hydrogens is 326 g/mol. The predicted molar refractivity (Wildman–Crippen MR) is 103 cm³/mol. The molecule has 2 heterocycles. The summed E-state index contributed by atoms with van der Waals surface area (Å²) in [5, 5.41) is 13.9. The Bertz CT molecular complexity index is 925. The fourth-order valence-corrected chi connectivity index (χ4v) is 2.83. The molecule has 0 radical (unpaired) electrons. The third-order valence-electron chi connectivity index (χ3n) is 4.44. The maximum absolute atomic E-state index is 11.0. The summed E-state index contributed by atoms with van der Waals surface area (Å²) in [4.78, 5) is 14.4. The van der Waals surface area contributed by atoms with Gasteiger partial charge < -0.3 is 10.1 Å². The lowest BCUT2D eigenvalue weighted by atomic mass is 9.92. The number of aromatic carboxylic acids is 1. The molecule has 0 saturated heterocycles. The first-order valence-electron chi connectivity index (χ1n) is 8.80. The van der Waals surface area contributed by atoms with Gasteiger partial charge in [-0.25, -0.2) is 9.48 Å². The highest BCUT2D eigenvalue weighted by Gasteiger charge is 2.22. The van der Waals surface area contributed by atoms with Crippen LogP contribution in [0.5, 0.6) is 0 Å². The van der Waals surface area contributed by atoms with Gasteiger partial charge in [0.05, 0.1) is 11.3 Å². The van der Waals surface area contributed by atoms with Crippen LogP contribution in [-0.2, 0) is 5.41 Å². The number of carboxylic acid groups (broad SMARTS) is 1. The number of aromatic nitrogens is 3. The van der Waals surface area contributed by atoms with Crippen LogP contribution in [0.2, 0.25) is 0 Å². The van der Waals surface area contributed by atoms with Crippen molar-refractivity contribution < 1.29 is 9.90 Å². The van der Waals surface area contributed by atoms with Gasteiger partial charge in [0.15, 0.2) is 0 Å². The largest absolute Gasteiger partial charge is 0.478 e. The lowest BCUT2D eigenvalue weighted by molar-refractivity contribution is 0.0697. The van der Waals surface area contributed by atoms with Crippen LogP contribution in [0.4, 0.5) is 0 Å². The Balaban J connectivity index is 1.99. The summed E-state index contributed by atoms with van der Waals surface area (Å²) in [6, 6.07) is 13.0. The van der Waals surface area contributed by atoms with E-state index >= 15 is 0 Å². The van der Waals surface area contributed by atoms with E-state index in [1.54, 1.807) is 12.1 Å². The molecule has 0 unspecified atom stereocenters. The summed E-state index contributed by atoms with van der Waals surface area (Å²) >= 11 is 0. The summed E-state index contributed by atoms with van der Waals surface area (Å²) in [5.74, 6) is 0.332. The highest BCUT2D eigenvalue weighted by Crippen LogP contribution is 2.28. The van der Waals surface area contributed by atoms with E-state index in [4.69, 9.17) is 10.2 Å². The van der Waals surface area contributed by atoms with Gasteiger partial charge in [-0.2, -0.15) is 5.10 Å². The van der Waals surface area contributed by atoms with Crippen molar-refractivity contribution in [3.8, 4) is 17.1 Å². The molecule has 0 fully saturated rings. The van der Waals surface area contributed by atoms with E-state index < -0.39 is 5.97 Å². The van der Waals surface area contributed by atoms with Crippen LogP contribution in [0.25, 0.3) is 17.1 Å². The van der Waals surface area contributed by atoms with E-state index in [0.29, 0.717) is 5.92 Å². The average Bonchev–Trinajstić information content (AvgIpc) is 3.21. The van der Waals surface area contributed by atoms with Gasteiger partial charge >= 0.3 is 5.97 Å². The minimum absolute atomic E-state index is 0.0169. The normalized spacial score (nSPS) is 11.9. The predicted octanol–water partition coefficient (Wildman–Crippen LogP) is 4.99. The van der Waals surface area contributed by atoms with Crippen LogP contribution < -0.4 is 0 Å². The fraction of sp³-hybridized carbons (Fsp3) is 0.333. The van der Waals surface area contributed by atoms with Crippen LogP contribution in [0.15, 0.2) is 42.5 Å². The second-order valence-corrected chi connectivity index (χ2v) is 7.91. The zero-order valence-corrected chi connectivity index (χ0v) is 15.9. The van der Waals surface area contributed by atoms with Gasteiger partial charge in [0.2, 0.25) is 0 Å². The van der Waals surface area contributed by atoms with Crippen LogP contribution in [-0.4, -0.2) is 25.8 Å². The second-order valence-electron chi connectivity index (χ2n) is 7.91. The van der Waals surface area contributed by atoms with E-state index in [1.807, 2.05) is 28.9 Å². The minimum Gasteiger partial charge on any atom is -0.478 e. The molecule has 26 heavy (non-hydrogen) atoms. The first-order valence-corrected chi connectivity index (χ1v) is 8.80. The number of benzene rings is 1. The second kappa shape index (κ2) is 6.48. The zero-order valence-electron chi connectivity index (χ0n) is 15.9. The summed E-state index contributed by atoms with van der Waals surface area (Å²) < 4.78 is 1.97. The Morgan fingerprint density at radius 1 is 1.12 bits per heavy atom. The first kappa shape index (κ1) is 18.0. The molecule has 2 N–H and O–H groups in total. The van der Waals surface area contributed by atoms with Gasteiger partial charge in [-0.3, -0.25) is 0 Å². The van der Waals surface area contributed by atoms with Gasteiger partial charge in [0.25, 0.3) is 0 Å². The lowest BCUT2D eigenvalue weighted by Crippen LogP contribution is -2.12. The Morgan fingerprint density at radius 3 is 2.31 bits per heavy atom. The van der Waals surface area contributed by atoms with Crippen molar-refractivity contribution in [3.05, 3.63) is 59.4 Å². The van der Waals surface area contributed by atoms with Crippen molar-refractivity contribution >= 4 is 5.97 Å². The van der Waals surface area contributed by atoms with Gasteiger partial charge in [-0.05, 0) is 41.8 Å². The molecule has 0 aliphatic carbocycles. The molecule has 5 nitrogen and oxygen atoms in total. The van der Waals surface area contributed by atoms with Crippen LogP contribution in [0.3, 0.4) is 0 Å². The van der Waals surface area contributed by atoms with Crippen molar-refractivity contribution in [1.82, 2.24) is 14.8 Å². The summed E-state index contributed by atoms with van der Waals surface area (Å²) in [5.41, 5.74) is 4.35. The van der Waals surface area contributed by atoms with Crippen LogP contribution in [0.1, 0.15) is 62.3 Å². The highest BCUT2D eigenvalue weighted by atomic mass is 16.4. The van der Waals surface area contributed by atoms with Crippen molar-refractivity contribution in [1.29, 1.82) is 0 Å². The van der Waals surface area contributed by atoms with Crippen LogP contribution in [0, 0.1) is 0 Å². The third-order valence-corrected chi connectivity index (χ3v) is 4.44. The lowest BCUT2D eigenvalue weighted by Gasteiger charge is -2.14. The van der Waals surface area contributed by atoms with Crippen molar-refractivity contribution in [2.24, 2.45) is 0 Å². The van der Waals surface area contributed by atoms with Gasteiger partial charge in [0.1, 0.15) is 5.82 Å². The molecule has 0 amide bonds. The Hall–Kier alpha value is -2.82. The minimum atomic E-state index is -0.920. The van der Waals surface area contributed by atoms with Crippen molar-refractivity contribution in [2.75, 3.05) is 0 Å². The number of hydrogen-bond acceptors (Lipinski definition) is 2. The molecule has 0 saturated carbocycles. The van der Waals surface area contributed by atoms with Crippen LogP contribution >= 0.6 is 0 Å². The Kier molecular flexibility index (Phi) is 4.48. The van der Waals surface area contributed by atoms with Crippen molar-refractivity contribution in [3.63, 3.8) is 0 Å². The number of carboxylic acids is 1. The number of rotatable bonds is 4. The van der Waals surface area contributed by atoms with E-state index in [9.17, 15) is 4.79 Å². The molecule has 2 aromatic heterocycles. The Morgan fingerprint density at radius 2 is 1.77 bits per heavy atom. The molecule has 1 aromatic carbocycles.